The van der Waals surface area contributed by atoms with Crippen molar-refractivity contribution in [2.24, 2.45) is 0 Å². The van der Waals surface area contributed by atoms with Crippen molar-refractivity contribution in [1.29, 1.82) is 0 Å². The Kier molecular flexibility index (Phi) is 3.08. The third-order valence-corrected chi connectivity index (χ3v) is 4.11. The van der Waals surface area contributed by atoms with Crippen LogP contribution in [0.1, 0.15) is 25.7 Å². The van der Waals surface area contributed by atoms with Gasteiger partial charge in [-0.1, -0.05) is 48.7 Å². The van der Waals surface area contributed by atoms with Crippen LogP contribution in [0.4, 0.5) is 5.82 Å². The van der Waals surface area contributed by atoms with Crippen LogP contribution in [0.5, 0.6) is 0 Å². The van der Waals surface area contributed by atoms with Gasteiger partial charge >= 0.3 is 0 Å². The average molecular weight is 262 g/mol. The maximum atomic E-state index is 6.10. The van der Waals surface area contributed by atoms with Gasteiger partial charge < -0.3 is 4.90 Å². The van der Waals surface area contributed by atoms with Crippen LogP contribution in [0.3, 0.4) is 0 Å². The number of nitrogens with zero attached hydrogens (tertiary/aromatic N) is 3. The van der Waals surface area contributed by atoms with Crippen molar-refractivity contribution in [3.63, 3.8) is 0 Å². The molecule has 0 unspecified atom stereocenters. The number of hydrogen-bond donors (Lipinski definition) is 0. The molecule has 0 atom stereocenters. The lowest BCUT2D eigenvalue weighted by Crippen LogP contribution is -2.30. The maximum absolute atomic E-state index is 6.10. The molecular formula is C14H16ClN3. The second kappa shape index (κ2) is 4.73. The highest BCUT2D eigenvalue weighted by atomic mass is 35.5. The quantitative estimate of drug-likeness (QED) is 0.826. The largest absolute Gasteiger partial charge is 0.355 e. The zero-order valence-electron chi connectivity index (χ0n) is 10.4. The Morgan fingerprint density at radius 1 is 1.11 bits per heavy atom. The van der Waals surface area contributed by atoms with Crippen LogP contribution in [-0.4, -0.2) is 23.3 Å². The van der Waals surface area contributed by atoms with Crippen LogP contribution >= 0.6 is 11.6 Å². The Morgan fingerprint density at radius 2 is 1.78 bits per heavy atom. The molecule has 1 fully saturated rings. The number of benzene rings is 1. The lowest BCUT2D eigenvalue weighted by Gasteiger charge is -2.26. The second-order valence-electron chi connectivity index (χ2n) is 4.91. The molecule has 0 amide bonds. The van der Waals surface area contributed by atoms with Gasteiger partial charge in [0.05, 0.1) is 0 Å². The van der Waals surface area contributed by atoms with Crippen molar-refractivity contribution in [1.82, 2.24) is 10.2 Å². The minimum absolute atomic E-state index is 0.481. The van der Waals surface area contributed by atoms with Gasteiger partial charge in [0, 0.05) is 23.9 Å². The van der Waals surface area contributed by atoms with Crippen LogP contribution in [-0.2, 0) is 0 Å². The van der Waals surface area contributed by atoms with E-state index in [1.165, 1.54) is 25.7 Å². The molecule has 4 heteroatoms. The van der Waals surface area contributed by atoms with E-state index in [9.17, 15) is 0 Å². The summed E-state index contributed by atoms with van der Waals surface area (Å²) in [6.07, 6.45) is 5.12. The standard InChI is InChI=1S/C14H16ClN3/c1-18(10-6-2-3-7-10)14-12-9-5-4-8-11(12)13(15)16-17-14/h4-5,8-10H,2-3,6-7H2,1H3. The van der Waals surface area contributed by atoms with Crippen LogP contribution in [0.15, 0.2) is 24.3 Å². The van der Waals surface area contributed by atoms with E-state index in [0.717, 1.165) is 16.6 Å². The van der Waals surface area contributed by atoms with Crippen LogP contribution in [0.2, 0.25) is 5.15 Å². The van der Waals surface area contributed by atoms with Gasteiger partial charge in [0.15, 0.2) is 11.0 Å². The minimum Gasteiger partial charge on any atom is -0.355 e. The van der Waals surface area contributed by atoms with Crippen molar-refractivity contribution in [3.05, 3.63) is 29.4 Å². The zero-order chi connectivity index (χ0) is 12.5. The van der Waals surface area contributed by atoms with E-state index < -0.39 is 0 Å². The average Bonchev–Trinajstić information content (AvgIpc) is 2.93. The number of halogens is 1. The molecule has 1 saturated carbocycles. The third kappa shape index (κ3) is 1.93. The van der Waals surface area contributed by atoms with E-state index in [-0.39, 0.29) is 0 Å². The monoisotopic (exact) mass is 261 g/mol. The first-order valence-electron chi connectivity index (χ1n) is 6.41. The molecule has 0 aliphatic heterocycles. The number of aromatic nitrogens is 2. The van der Waals surface area contributed by atoms with Crippen molar-refractivity contribution >= 4 is 28.2 Å². The van der Waals surface area contributed by atoms with E-state index in [1.54, 1.807) is 0 Å². The molecule has 94 valence electrons. The topological polar surface area (TPSA) is 29.0 Å². The summed E-state index contributed by atoms with van der Waals surface area (Å²) >= 11 is 6.10. The van der Waals surface area contributed by atoms with Gasteiger partial charge in [-0.3, -0.25) is 0 Å². The van der Waals surface area contributed by atoms with Crippen LogP contribution in [0.25, 0.3) is 10.8 Å². The van der Waals surface area contributed by atoms with E-state index in [1.807, 2.05) is 18.2 Å². The van der Waals surface area contributed by atoms with Crippen LogP contribution < -0.4 is 4.90 Å². The summed E-state index contributed by atoms with van der Waals surface area (Å²) in [5, 5.41) is 10.9. The van der Waals surface area contributed by atoms with E-state index >= 15 is 0 Å². The summed E-state index contributed by atoms with van der Waals surface area (Å²) in [5.74, 6) is 0.946. The molecule has 1 aromatic carbocycles. The Hall–Kier alpha value is -1.35. The molecule has 1 heterocycles. The second-order valence-corrected chi connectivity index (χ2v) is 5.27. The van der Waals surface area contributed by atoms with Crippen molar-refractivity contribution < 1.29 is 0 Å². The van der Waals surface area contributed by atoms with E-state index in [2.05, 4.69) is 28.2 Å². The van der Waals surface area contributed by atoms with Gasteiger partial charge in [0.25, 0.3) is 0 Å². The number of anilines is 1. The molecule has 1 aliphatic carbocycles. The van der Waals surface area contributed by atoms with Crippen molar-refractivity contribution in [2.75, 3.05) is 11.9 Å². The van der Waals surface area contributed by atoms with Gasteiger partial charge in [-0.2, -0.15) is 0 Å². The van der Waals surface area contributed by atoms with Crippen LogP contribution in [0, 0.1) is 0 Å². The SMILES string of the molecule is CN(c1nnc(Cl)c2ccccc12)C1CCCC1. The molecule has 18 heavy (non-hydrogen) atoms. The zero-order valence-corrected chi connectivity index (χ0v) is 11.2. The van der Waals surface area contributed by atoms with Gasteiger partial charge in [-0.15, -0.1) is 10.2 Å². The minimum atomic E-state index is 0.481. The summed E-state index contributed by atoms with van der Waals surface area (Å²) in [6.45, 7) is 0. The molecule has 3 nitrogen and oxygen atoms in total. The molecule has 0 saturated heterocycles. The molecule has 0 N–H and O–H groups in total. The summed E-state index contributed by atoms with van der Waals surface area (Å²) in [4.78, 5) is 2.26. The summed E-state index contributed by atoms with van der Waals surface area (Å²) in [5.41, 5.74) is 0. The fourth-order valence-corrected chi connectivity index (χ4v) is 2.98. The first-order chi connectivity index (χ1) is 8.77. The summed E-state index contributed by atoms with van der Waals surface area (Å²) in [7, 11) is 2.11. The first-order valence-corrected chi connectivity index (χ1v) is 6.79. The highest BCUT2D eigenvalue weighted by Gasteiger charge is 2.22. The highest BCUT2D eigenvalue weighted by Crippen LogP contribution is 2.31. The van der Waals surface area contributed by atoms with Gasteiger partial charge in [0.1, 0.15) is 0 Å². The van der Waals surface area contributed by atoms with Gasteiger partial charge in [-0.25, -0.2) is 0 Å². The fraction of sp³-hybridized carbons (Fsp3) is 0.429. The van der Waals surface area contributed by atoms with Crippen molar-refractivity contribution in [3.8, 4) is 0 Å². The van der Waals surface area contributed by atoms with Gasteiger partial charge in [-0.05, 0) is 12.8 Å². The fourth-order valence-electron chi connectivity index (χ4n) is 2.78. The molecule has 2 aromatic rings. The number of hydrogen-bond acceptors (Lipinski definition) is 3. The lowest BCUT2D eigenvalue weighted by atomic mass is 10.1. The summed E-state index contributed by atoms with van der Waals surface area (Å²) < 4.78 is 0. The normalized spacial score (nSPS) is 16.3. The molecule has 1 aliphatic rings. The lowest BCUT2D eigenvalue weighted by molar-refractivity contribution is 0.645. The Labute approximate surface area is 112 Å². The smallest absolute Gasteiger partial charge is 0.159 e. The molecule has 0 bridgehead atoms. The summed E-state index contributed by atoms with van der Waals surface area (Å²) in [6, 6.07) is 8.65. The predicted molar refractivity (Wildman–Crippen MR) is 75.2 cm³/mol. The highest BCUT2D eigenvalue weighted by molar-refractivity contribution is 6.34. The Balaban J connectivity index is 2.08. The van der Waals surface area contributed by atoms with E-state index in [4.69, 9.17) is 11.6 Å². The van der Waals surface area contributed by atoms with Crippen molar-refractivity contribution in [2.45, 2.75) is 31.7 Å². The molecule has 1 aromatic heterocycles. The van der Waals surface area contributed by atoms with E-state index in [0.29, 0.717) is 11.2 Å². The maximum Gasteiger partial charge on any atom is 0.159 e. The van der Waals surface area contributed by atoms with Gasteiger partial charge in [0.2, 0.25) is 0 Å². The number of fused-ring (bicyclic) bond motifs is 1. The molecular weight excluding hydrogens is 246 g/mol. The Morgan fingerprint density at radius 3 is 2.50 bits per heavy atom. The predicted octanol–water partition coefficient (Wildman–Crippen LogP) is 3.66. The number of rotatable bonds is 2. The third-order valence-electron chi connectivity index (χ3n) is 3.83. The first kappa shape index (κ1) is 11.7. The molecule has 0 radical (unpaired) electrons. The Bertz CT molecular complexity index is 564. The molecule has 3 rings (SSSR count). The molecule has 0 spiro atoms.